The van der Waals surface area contributed by atoms with Crippen LogP contribution in [0.15, 0.2) is 18.5 Å². The van der Waals surface area contributed by atoms with Gasteiger partial charge in [0.25, 0.3) is 0 Å². The molecule has 0 fully saturated rings. The predicted molar refractivity (Wildman–Crippen MR) is 81.7 cm³/mol. The molecule has 0 bridgehead atoms. The van der Waals surface area contributed by atoms with Crippen molar-refractivity contribution in [3.05, 3.63) is 29.6 Å². The van der Waals surface area contributed by atoms with Crippen molar-refractivity contribution in [2.24, 2.45) is 5.92 Å². The van der Waals surface area contributed by atoms with Crippen LogP contribution in [0.25, 0.3) is 0 Å². The number of hydrogen-bond acceptors (Lipinski definition) is 3. The van der Waals surface area contributed by atoms with Crippen molar-refractivity contribution in [3.8, 4) is 0 Å². The molecule has 112 valence electrons. The number of ether oxygens (including phenoxy) is 1. The first kappa shape index (κ1) is 16.7. The monoisotopic (exact) mass is 277 g/mol. The average Bonchev–Trinajstić information content (AvgIpc) is 2.25. The van der Waals surface area contributed by atoms with Crippen LogP contribution in [0, 0.1) is 5.92 Å². The van der Waals surface area contributed by atoms with E-state index in [4.69, 9.17) is 4.74 Å². The maximum atomic E-state index is 11.9. The quantitative estimate of drug-likeness (QED) is 0.760. The summed E-state index contributed by atoms with van der Waals surface area (Å²) in [7, 11) is 0. The Kier molecular flexibility index (Phi) is 5.73. The second-order valence-corrected chi connectivity index (χ2v) is 6.92. The molecular formula is C17H27NO2. The zero-order valence-electron chi connectivity index (χ0n) is 13.6. The Morgan fingerprint density at radius 1 is 1.25 bits per heavy atom. The summed E-state index contributed by atoms with van der Waals surface area (Å²) in [5.41, 5.74) is 1.91. The summed E-state index contributed by atoms with van der Waals surface area (Å²) in [6.07, 6.45) is 5.16. The SMILES string of the molecule is CC(C)Cc1cncc(C(C)CC(=O)OC(C)(C)C)c1. The number of carbonyl (C=O) groups is 1. The van der Waals surface area contributed by atoms with Gasteiger partial charge in [0, 0.05) is 12.4 Å². The van der Waals surface area contributed by atoms with Gasteiger partial charge < -0.3 is 4.74 Å². The normalized spacial score (nSPS) is 13.3. The molecule has 1 heterocycles. The van der Waals surface area contributed by atoms with E-state index in [0.29, 0.717) is 12.3 Å². The van der Waals surface area contributed by atoms with E-state index in [9.17, 15) is 4.79 Å². The van der Waals surface area contributed by atoms with Crippen molar-refractivity contribution in [2.75, 3.05) is 0 Å². The van der Waals surface area contributed by atoms with E-state index in [1.54, 1.807) is 0 Å². The maximum Gasteiger partial charge on any atom is 0.306 e. The molecule has 1 aromatic rings. The summed E-state index contributed by atoms with van der Waals surface area (Å²) in [5, 5.41) is 0. The third-order valence-corrected chi connectivity index (χ3v) is 2.92. The molecule has 3 heteroatoms. The first-order valence-corrected chi connectivity index (χ1v) is 7.33. The molecule has 0 aliphatic rings. The number of pyridine rings is 1. The Morgan fingerprint density at radius 2 is 1.90 bits per heavy atom. The van der Waals surface area contributed by atoms with Crippen LogP contribution in [0.3, 0.4) is 0 Å². The molecule has 0 N–H and O–H groups in total. The smallest absolute Gasteiger partial charge is 0.306 e. The van der Waals surface area contributed by atoms with E-state index < -0.39 is 5.60 Å². The fraction of sp³-hybridized carbons (Fsp3) is 0.647. The van der Waals surface area contributed by atoms with Gasteiger partial charge in [-0.15, -0.1) is 0 Å². The minimum absolute atomic E-state index is 0.129. The third-order valence-electron chi connectivity index (χ3n) is 2.92. The average molecular weight is 277 g/mol. The highest BCUT2D eigenvalue weighted by Gasteiger charge is 2.19. The highest BCUT2D eigenvalue weighted by molar-refractivity contribution is 5.71. The molecule has 1 aromatic heterocycles. The van der Waals surface area contributed by atoms with Gasteiger partial charge in [-0.1, -0.05) is 26.8 Å². The number of aromatic nitrogens is 1. The van der Waals surface area contributed by atoms with Gasteiger partial charge in [-0.3, -0.25) is 9.78 Å². The summed E-state index contributed by atoms with van der Waals surface area (Å²) < 4.78 is 5.37. The minimum atomic E-state index is -0.422. The van der Waals surface area contributed by atoms with Crippen LogP contribution in [-0.2, 0) is 16.0 Å². The van der Waals surface area contributed by atoms with Gasteiger partial charge in [0.05, 0.1) is 6.42 Å². The number of esters is 1. The lowest BCUT2D eigenvalue weighted by Gasteiger charge is -2.21. The van der Waals surface area contributed by atoms with Gasteiger partial charge in [0.2, 0.25) is 0 Å². The summed E-state index contributed by atoms with van der Waals surface area (Å²) >= 11 is 0. The van der Waals surface area contributed by atoms with Gasteiger partial charge >= 0.3 is 5.97 Å². The molecule has 0 saturated carbocycles. The van der Waals surface area contributed by atoms with E-state index in [-0.39, 0.29) is 11.9 Å². The van der Waals surface area contributed by atoms with Crippen LogP contribution in [-0.4, -0.2) is 16.6 Å². The number of nitrogens with zero attached hydrogens (tertiary/aromatic N) is 1. The van der Waals surface area contributed by atoms with E-state index in [0.717, 1.165) is 12.0 Å². The Labute approximate surface area is 122 Å². The molecule has 1 atom stereocenters. The van der Waals surface area contributed by atoms with E-state index in [2.05, 4.69) is 24.9 Å². The van der Waals surface area contributed by atoms with Crippen LogP contribution in [0.4, 0.5) is 0 Å². The maximum absolute atomic E-state index is 11.9. The van der Waals surface area contributed by atoms with Gasteiger partial charge in [0.1, 0.15) is 5.60 Å². The van der Waals surface area contributed by atoms with Crippen molar-refractivity contribution in [2.45, 2.75) is 65.9 Å². The lowest BCUT2D eigenvalue weighted by Crippen LogP contribution is -2.24. The number of carbonyl (C=O) groups excluding carboxylic acids is 1. The summed E-state index contributed by atoms with van der Waals surface area (Å²) in [5.74, 6) is 0.580. The van der Waals surface area contributed by atoms with Crippen LogP contribution in [0.5, 0.6) is 0 Å². The summed E-state index contributed by atoms with van der Waals surface area (Å²) in [6, 6.07) is 2.15. The third kappa shape index (κ3) is 6.18. The Morgan fingerprint density at radius 3 is 2.45 bits per heavy atom. The standard InChI is InChI=1S/C17H27NO2/c1-12(2)7-14-9-15(11-18-10-14)13(3)8-16(19)20-17(4,5)6/h9-13H,7-8H2,1-6H3. The van der Waals surface area contributed by atoms with Crippen LogP contribution >= 0.6 is 0 Å². The molecule has 0 saturated heterocycles. The lowest BCUT2D eigenvalue weighted by atomic mass is 9.96. The van der Waals surface area contributed by atoms with Crippen molar-refractivity contribution in [1.82, 2.24) is 4.98 Å². The van der Waals surface area contributed by atoms with Gasteiger partial charge in [0.15, 0.2) is 0 Å². The van der Waals surface area contributed by atoms with Crippen LogP contribution in [0.1, 0.15) is 65.0 Å². The summed E-state index contributed by atoms with van der Waals surface area (Å²) in [4.78, 5) is 16.2. The molecule has 0 aromatic carbocycles. The molecule has 0 aliphatic heterocycles. The van der Waals surface area contributed by atoms with E-state index >= 15 is 0 Å². The zero-order valence-corrected chi connectivity index (χ0v) is 13.6. The Hall–Kier alpha value is -1.38. The summed E-state index contributed by atoms with van der Waals surface area (Å²) in [6.45, 7) is 12.1. The van der Waals surface area contributed by atoms with Gasteiger partial charge in [-0.25, -0.2) is 0 Å². The van der Waals surface area contributed by atoms with Gasteiger partial charge in [-0.05, 0) is 50.2 Å². The molecular weight excluding hydrogens is 250 g/mol. The molecule has 0 radical (unpaired) electrons. The van der Waals surface area contributed by atoms with E-state index in [1.165, 1.54) is 5.56 Å². The van der Waals surface area contributed by atoms with Crippen molar-refractivity contribution >= 4 is 5.97 Å². The first-order valence-electron chi connectivity index (χ1n) is 7.33. The molecule has 0 spiro atoms. The highest BCUT2D eigenvalue weighted by Crippen LogP contribution is 2.22. The van der Waals surface area contributed by atoms with Crippen LogP contribution in [0.2, 0.25) is 0 Å². The number of rotatable bonds is 5. The molecule has 1 rings (SSSR count). The lowest BCUT2D eigenvalue weighted by molar-refractivity contribution is -0.155. The number of hydrogen-bond donors (Lipinski definition) is 0. The molecule has 20 heavy (non-hydrogen) atoms. The van der Waals surface area contributed by atoms with Crippen LogP contribution < -0.4 is 0 Å². The second-order valence-electron chi connectivity index (χ2n) is 6.92. The Balaban J connectivity index is 2.67. The topological polar surface area (TPSA) is 39.2 Å². The Bertz CT molecular complexity index is 447. The second kappa shape index (κ2) is 6.87. The highest BCUT2D eigenvalue weighted by atomic mass is 16.6. The molecule has 0 aliphatic carbocycles. The molecule has 3 nitrogen and oxygen atoms in total. The fourth-order valence-corrected chi connectivity index (χ4v) is 2.11. The van der Waals surface area contributed by atoms with Crippen molar-refractivity contribution < 1.29 is 9.53 Å². The van der Waals surface area contributed by atoms with Crippen molar-refractivity contribution in [3.63, 3.8) is 0 Å². The fourth-order valence-electron chi connectivity index (χ4n) is 2.11. The predicted octanol–water partition coefficient (Wildman–Crippen LogP) is 4.12. The van der Waals surface area contributed by atoms with Gasteiger partial charge in [-0.2, -0.15) is 0 Å². The molecule has 1 unspecified atom stereocenters. The zero-order chi connectivity index (χ0) is 15.3. The molecule has 0 amide bonds. The largest absolute Gasteiger partial charge is 0.460 e. The first-order chi connectivity index (χ1) is 9.17. The minimum Gasteiger partial charge on any atom is -0.460 e. The van der Waals surface area contributed by atoms with Crippen molar-refractivity contribution in [1.29, 1.82) is 0 Å². The van der Waals surface area contributed by atoms with E-state index in [1.807, 2.05) is 40.1 Å².